The number of aromatic hydroxyl groups is 4. The molecule has 0 saturated carbocycles. The van der Waals surface area contributed by atoms with E-state index < -0.39 is 87.5 Å². The van der Waals surface area contributed by atoms with Crippen molar-refractivity contribution in [3.8, 4) is 57.1 Å². The molecule has 0 unspecified atom stereocenters. The Morgan fingerprint density at radius 1 is 0.366 bits per heavy atom. The normalized spacial score (nSPS) is 11.6. The number of carbonyl (C=O) groups excluding carboxylic acids is 4. The number of benzene rings is 8. The average Bonchev–Trinajstić information content (AvgIpc) is 1.60. The number of hydrogen-bond donors (Lipinski definition) is 16. The third-order valence-electron chi connectivity index (χ3n) is 16.1. The lowest BCUT2D eigenvalue weighted by molar-refractivity contribution is -0.141. The second-order valence-electron chi connectivity index (χ2n) is 24.3. The van der Waals surface area contributed by atoms with Gasteiger partial charge in [0, 0.05) is 39.5 Å². The summed E-state index contributed by atoms with van der Waals surface area (Å²) in [6, 6.07) is 52.5. The minimum atomic E-state index is -1.23. The Labute approximate surface area is 632 Å². The van der Waals surface area contributed by atoms with E-state index in [1.54, 1.807) is 166 Å². The van der Waals surface area contributed by atoms with Crippen LogP contribution < -0.4 is 67.6 Å². The molecule has 584 valence electrons. The van der Waals surface area contributed by atoms with Crippen molar-refractivity contribution in [3.63, 3.8) is 0 Å². The molecule has 112 heavy (non-hydrogen) atoms. The highest BCUT2D eigenvalue weighted by molar-refractivity contribution is 5.85. The van der Waals surface area contributed by atoms with Gasteiger partial charge in [0.2, 0.25) is 11.8 Å². The molecule has 12 aromatic rings. The van der Waals surface area contributed by atoms with Crippen molar-refractivity contribution < 1.29 is 59.4 Å². The number of amides is 2. The summed E-state index contributed by atoms with van der Waals surface area (Å²) in [5.41, 5.74) is 11.8. The number of aromatic amines is 6. The van der Waals surface area contributed by atoms with Gasteiger partial charge in [-0.05, 0) is 132 Å². The fraction of sp³-hybridized carbons (Fsp3) is 0.184. The molecule has 4 heterocycles. The van der Waals surface area contributed by atoms with Gasteiger partial charge in [0.15, 0.2) is 0 Å². The number of ketones is 2. The molecule has 0 radical (unpaired) electrons. The number of carbonyl (C=O) groups is 6. The Morgan fingerprint density at radius 3 is 0.929 bits per heavy atom. The lowest BCUT2D eigenvalue weighted by Gasteiger charge is -2.14. The zero-order chi connectivity index (χ0) is 81.9. The number of para-hydroxylation sites is 4. The average molecular weight is 1540 g/mol. The fourth-order valence-electron chi connectivity index (χ4n) is 10.6. The number of H-pyrrole nitrogens is 6. The van der Waals surface area contributed by atoms with Crippen molar-refractivity contribution >= 4 is 35.3 Å². The summed E-state index contributed by atoms with van der Waals surface area (Å²) in [6.45, 7) is 6.02. The topological polar surface area (TPSA) is 561 Å². The van der Waals surface area contributed by atoms with Crippen LogP contribution in [0, 0.1) is 0 Å². The predicted octanol–water partition coefficient (Wildman–Crippen LogP) is 2.50. The Hall–Kier alpha value is -14.9. The first-order valence-corrected chi connectivity index (χ1v) is 34.1. The number of aliphatic carboxylic acids is 2. The van der Waals surface area contributed by atoms with Gasteiger partial charge in [-0.3, -0.25) is 19.2 Å². The molecule has 8 aromatic carbocycles. The number of phenols is 4. The van der Waals surface area contributed by atoms with Crippen LogP contribution >= 0.6 is 0 Å². The predicted molar refractivity (Wildman–Crippen MR) is 409 cm³/mol. The van der Waals surface area contributed by atoms with Crippen LogP contribution in [0.15, 0.2) is 245 Å². The number of rotatable bonds is 22. The van der Waals surface area contributed by atoms with E-state index in [0.717, 1.165) is 38.8 Å². The summed E-state index contributed by atoms with van der Waals surface area (Å²) in [5.74, 6) is -3.33. The van der Waals surface area contributed by atoms with Gasteiger partial charge in [-0.15, -0.1) is 0 Å². The maximum Gasteiger partial charge on any atom is 0.356 e. The number of nitrogens with one attached hydrogen (secondary N) is 8. The summed E-state index contributed by atoms with van der Waals surface area (Å²) in [7, 11) is 0. The molecule has 36 heteroatoms. The number of hydrogen-bond acceptors (Lipinski definition) is 20. The van der Waals surface area contributed by atoms with E-state index in [4.69, 9.17) is 26.8 Å². The maximum absolute atomic E-state index is 12.8. The summed E-state index contributed by atoms with van der Waals surface area (Å²) < 4.78 is 5.78. The van der Waals surface area contributed by atoms with Gasteiger partial charge >= 0.3 is 57.5 Å². The van der Waals surface area contributed by atoms with Gasteiger partial charge in [0.05, 0.1) is 34.8 Å². The van der Waals surface area contributed by atoms with Crippen molar-refractivity contribution in [2.75, 3.05) is 0 Å². The van der Waals surface area contributed by atoms with Crippen LogP contribution in [0.5, 0.6) is 23.0 Å². The highest BCUT2D eigenvalue weighted by atomic mass is 16.4. The van der Waals surface area contributed by atoms with Crippen LogP contribution in [0.3, 0.4) is 0 Å². The van der Waals surface area contributed by atoms with Crippen LogP contribution in [0.4, 0.5) is 0 Å². The van der Waals surface area contributed by atoms with E-state index in [0.29, 0.717) is 53.1 Å². The first-order chi connectivity index (χ1) is 53.4. The SMILES string of the molecule is CC(=O)N[C@@H](Cc1ccc(O)c(-n2[nH]c(=O)n(-c3ccccc3)c2=O)c1)C(=O)O.CC(=O)N[C@@H](Cc1ccc(O)cc1)C(=O)O.CCC(=O)[C@@H](N)Cc1ccc(O)c(-n2[nH]c(=O)n(-c3ccccc3)c2=O)c1.CCC(=O)[C@@H](N)Cc1ccc(O)cc1.O=c1[nH][nH]c(=O)n1-c1ccccc1.O=c1[nH][nH]c(=O)n1-c1ccccc1. The van der Waals surface area contributed by atoms with Crippen LogP contribution in [-0.4, -0.2) is 148 Å². The quantitative estimate of drug-likeness (QED) is 0.0463. The van der Waals surface area contributed by atoms with E-state index in [9.17, 15) is 82.4 Å². The van der Waals surface area contributed by atoms with E-state index in [-0.39, 0.29) is 71.1 Å². The fourth-order valence-corrected chi connectivity index (χ4v) is 10.6. The van der Waals surface area contributed by atoms with Crippen LogP contribution in [0.1, 0.15) is 62.8 Å². The molecule has 0 aliphatic heterocycles. The Balaban J connectivity index is 0.000000193. The monoisotopic (exact) mass is 1540 g/mol. The van der Waals surface area contributed by atoms with Gasteiger partial charge in [-0.25, -0.2) is 96.8 Å². The molecule has 0 bridgehead atoms. The molecule has 0 spiro atoms. The third-order valence-corrected chi connectivity index (χ3v) is 16.1. The minimum absolute atomic E-state index is 0.0220. The summed E-state index contributed by atoms with van der Waals surface area (Å²) >= 11 is 0. The Kier molecular flexibility index (Phi) is 30.2. The first-order valence-electron chi connectivity index (χ1n) is 34.1. The van der Waals surface area contributed by atoms with Crippen molar-refractivity contribution in [2.24, 2.45) is 11.5 Å². The zero-order valence-electron chi connectivity index (χ0n) is 60.4. The molecule has 4 aromatic heterocycles. The molecule has 4 atom stereocenters. The largest absolute Gasteiger partial charge is 0.508 e. The molecular weight excluding hydrogens is 1460 g/mol. The highest BCUT2D eigenvalue weighted by Crippen LogP contribution is 2.24. The highest BCUT2D eigenvalue weighted by Gasteiger charge is 2.23. The summed E-state index contributed by atoms with van der Waals surface area (Å²) in [4.78, 5) is 162. The molecule has 18 N–H and O–H groups in total. The van der Waals surface area contributed by atoms with Crippen LogP contribution in [0.25, 0.3) is 34.1 Å². The Bertz CT molecular complexity index is 5540. The number of Topliss-reactive ketones (excluding diaryl/α,β-unsaturated/α-hetero) is 2. The smallest absolute Gasteiger partial charge is 0.356 e. The van der Waals surface area contributed by atoms with Gasteiger partial charge in [-0.2, -0.15) is 9.36 Å². The summed E-state index contributed by atoms with van der Waals surface area (Å²) in [5, 5.41) is 74.9. The number of carboxylic acid groups (broad SMARTS) is 2. The van der Waals surface area contributed by atoms with Gasteiger partial charge < -0.3 is 52.7 Å². The zero-order valence-corrected chi connectivity index (χ0v) is 60.4. The third kappa shape index (κ3) is 23.5. The number of nitrogens with zero attached hydrogens (tertiary/aromatic N) is 6. The van der Waals surface area contributed by atoms with Gasteiger partial charge in [0.25, 0.3) is 0 Å². The van der Waals surface area contributed by atoms with Gasteiger partial charge in [0.1, 0.15) is 58.0 Å². The summed E-state index contributed by atoms with van der Waals surface area (Å²) in [6.07, 6.45) is 1.71. The Morgan fingerprint density at radius 2 is 0.634 bits per heavy atom. The molecular formula is C76H80N16O20. The lowest BCUT2D eigenvalue weighted by atomic mass is 10.0. The molecule has 0 aliphatic rings. The second kappa shape index (κ2) is 40.1. The van der Waals surface area contributed by atoms with Crippen molar-refractivity contribution in [2.45, 2.75) is 90.4 Å². The van der Waals surface area contributed by atoms with E-state index in [2.05, 4.69) is 41.2 Å². The minimum Gasteiger partial charge on any atom is -0.508 e. The second-order valence-corrected chi connectivity index (χ2v) is 24.3. The van der Waals surface area contributed by atoms with Crippen molar-refractivity contribution in [3.05, 3.63) is 312 Å². The molecule has 36 nitrogen and oxygen atoms in total. The number of aromatic nitrogens is 12. The van der Waals surface area contributed by atoms with E-state index >= 15 is 0 Å². The molecule has 0 aliphatic carbocycles. The number of nitrogens with two attached hydrogens (primary N) is 2. The lowest BCUT2D eigenvalue weighted by Crippen LogP contribution is -2.41. The van der Waals surface area contributed by atoms with E-state index in [1.807, 2.05) is 12.1 Å². The molecule has 0 saturated heterocycles. The maximum atomic E-state index is 12.8. The molecule has 0 fully saturated rings. The van der Waals surface area contributed by atoms with Crippen LogP contribution in [0.2, 0.25) is 0 Å². The standard InChI is InChI=1S/C19H18N4O6.C19H20N4O4.C11H13NO4.C11H15NO2.2C8H7N3O2/c1-11(24)20-14(17(26)27)9-12-7-8-16(25)15(10-12)23-19(29)22(18(28)21-23)13-5-3-2-4-6-13;1-2-16(24)14(20)10-12-8-9-17(25)15(11-12)23-19(27)22(18(26)21-23)13-6-4-3-5-7-13;1-7(13)12-10(11(15)16)6-8-2-4-9(14)5-3-8;1-2-11(14)10(12)7-8-3-5-9(13)6-4-8;2*12-7-9-10-8(13)11(7)6-4-2-1-3-5-6/h2-8,10,14,25H,9H2,1H3,(H,20,24)(H,21,28)(H,26,27);3-9,11,14,25H,2,10,20H2,1H3,(H,21,26);2-5,10,14H,6H2,1H3,(H,12,13)(H,15,16);3-6,10,13H,2,7,12H2,1H3;2*1-5H,(H,9,12)(H,10,13)/t2*14-;2*10-;;/m0000../s1. The number of carboxylic acids is 2. The van der Waals surface area contributed by atoms with Crippen molar-refractivity contribution in [1.82, 2.24) is 68.9 Å². The van der Waals surface area contributed by atoms with Crippen molar-refractivity contribution in [1.29, 1.82) is 0 Å². The van der Waals surface area contributed by atoms with Crippen LogP contribution in [-0.2, 0) is 54.5 Å². The molecule has 2 amide bonds. The first kappa shape index (κ1) is 84.3. The number of phenolic OH excluding ortho intramolecular Hbond substituents is 4. The van der Waals surface area contributed by atoms with Gasteiger partial charge in [-0.1, -0.05) is 123 Å². The molecule has 12 rings (SSSR count). The van der Waals surface area contributed by atoms with E-state index in [1.165, 1.54) is 56.3 Å².